The summed E-state index contributed by atoms with van der Waals surface area (Å²) in [7, 11) is 0. The predicted molar refractivity (Wildman–Crippen MR) is 81.0 cm³/mol. The van der Waals surface area contributed by atoms with Crippen LogP contribution >= 0.6 is 11.6 Å². The largest absolute Gasteiger partial charge is 0.385 e. The van der Waals surface area contributed by atoms with Gasteiger partial charge >= 0.3 is 0 Å². The zero-order valence-corrected chi connectivity index (χ0v) is 11.7. The third kappa shape index (κ3) is 2.42. The highest BCUT2D eigenvalue weighted by molar-refractivity contribution is 6.18. The fourth-order valence-electron chi connectivity index (χ4n) is 2.35. The van der Waals surface area contributed by atoms with Crippen LogP contribution in [0.1, 0.15) is 17.4 Å². The Hall–Kier alpha value is -1.84. The second-order valence-corrected chi connectivity index (χ2v) is 5.02. The summed E-state index contributed by atoms with van der Waals surface area (Å²) in [5.41, 5.74) is 2.83. The van der Waals surface area contributed by atoms with E-state index in [0.29, 0.717) is 12.2 Å². The van der Waals surface area contributed by atoms with Gasteiger partial charge in [0.1, 0.15) is 11.8 Å². The summed E-state index contributed by atoms with van der Waals surface area (Å²) >= 11 is 5.76. The molecular weight excluding hydrogens is 272 g/mol. The van der Waals surface area contributed by atoms with Crippen molar-refractivity contribution in [1.29, 1.82) is 0 Å². The SMILES string of the molecule is OC(CCl)c1nn(Cc2ccccc2)c2ccccc12. The molecule has 0 aliphatic carbocycles. The number of rotatable bonds is 4. The van der Waals surface area contributed by atoms with Crippen LogP contribution in [0.2, 0.25) is 0 Å². The van der Waals surface area contributed by atoms with Gasteiger partial charge in [-0.05, 0) is 11.6 Å². The van der Waals surface area contributed by atoms with E-state index in [1.165, 1.54) is 5.56 Å². The summed E-state index contributed by atoms with van der Waals surface area (Å²) in [6.07, 6.45) is -0.737. The second-order valence-electron chi connectivity index (χ2n) is 4.72. The molecule has 1 aromatic heterocycles. The van der Waals surface area contributed by atoms with Crippen LogP contribution in [-0.2, 0) is 6.54 Å². The minimum absolute atomic E-state index is 0.145. The van der Waals surface area contributed by atoms with E-state index in [2.05, 4.69) is 17.2 Å². The van der Waals surface area contributed by atoms with Gasteiger partial charge in [-0.15, -0.1) is 11.6 Å². The van der Waals surface area contributed by atoms with E-state index in [1.54, 1.807) is 0 Å². The van der Waals surface area contributed by atoms with E-state index in [4.69, 9.17) is 11.6 Å². The zero-order valence-electron chi connectivity index (χ0n) is 10.9. The number of hydrogen-bond donors (Lipinski definition) is 1. The number of aliphatic hydroxyl groups excluding tert-OH is 1. The molecule has 0 spiro atoms. The molecule has 2 aromatic carbocycles. The van der Waals surface area contributed by atoms with Gasteiger partial charge in [0, 0.05) is 5.39 Å². The number of benzene rings is 2. The molecule has 0 radical (unpaired) electrons. The maximum absolute atomic E-state index is 10.00. The van der Waals surface area contributed by atoms with Crippen LogP contribution in [0.3, 0.4) is 0 Å². The van der Waals surface area contributed by atoms with Crippen molar-refractivity contribution in [2.24, 2.45) is 0 Å². The van der Waals surface area contributed by atoms with Crippen LogP contribution in [0, 0.1) is 0 Å². The van der Waals surface area contributed by atoms with Gasteiger partial charge < -0.3 is 5.11 Å². The Bertz CT molecular complexity index is 709. The molecule has 1 N–H and O–H groups in total. The van der Waals surface area contributed by atoms with Crippen molar-refractivity contribution in [3.05, 3.63) is 65.9 Å². The minimum atomic E-state index is -0.737. The van der Waals surface area contributed by atoms with E-state index in [9.17, 15) is 5.11 Å². The standard InChI is InChI=1S/C16H15ClN2O/c17-10-15(20)16-13-8-4-5-9-14(13)19(18-16)11-12-6-2-1-3-7-12/h1-9,15,20H,10-11H2. The maximum atomic E-state index is 10.00. The first kappa shape index (κ1) is 13.2. The number of fused-ring (bicyclic) bond motifs is 1. The van der Waals surface area contributed by atoms with Gasteiger partial charge in [-0.25, -0.2) is 0 Å². The average Bonchev–Trinajstić information content (AvgIpc) is 2.87. The zero-order chi connectivity index (χ0) is 13.9. The molecule has 4 heteroatoms. The fraction of sp³-hybridized carbons (Fsp3) is 0.188. The summed E-state index contributed by atoms with van der Waals surface area (Å²) in [5, 5.41) is 15.5. The van der Waals surface area contributed by atoms with Crippen LogP contribution in [0.15, 0.2) is 54.6 Å². The van der Waals surface area contributed by atoms with Gasteiger partial charge in [-0.3, -0.25) is 4.68 Å². The number of aliphatic hydroxyl groups is 1. The van der Waals surface area contributed by atoms with Gasteiger partial charge in [0.25, 0.3) is 0 Å². The number of aromatic nitrogens is 2. The van der Waals surface area contributed by atoms with E-state index < -0.39 is 6.10 Å². The average molecular weight is 287 g/mol. The number of nitrogens with zero attached hydrogens (tertiary/aromatic N) is 2. The third-order valence-electron chi connectivity index (χ3n) is 3.32. The number of para-hydroxylation sites is 1. The van der Waals surface area contributed by atoms with Crippen LogP contribution < -0.4 is 0 Å². The highest BCUT2D eigenvalue weighted by Gasteiger charge is 2.16. The van der Waals surface area contributed by atoms with E-state index in [-0.39, 0.29) is 5.88 Å². The highest BCUT2D eigenvalue weighted by atomic mass is 35.5. The smallest absolute Gasteiger partial charge is 0.112 e. The lowest BCUT2D eigenvalue weighted by atomic mass is 10.1. The van der Waals surface area contributed by atoms with Crippen molar-refractivity contribution in [1.82, 2.24) is 9.78 Å². The summed E-state index contributed by atoms with van der Waals surface area (Å²) in [6, 6.07) is 18.0. The second kappa shape index (κ2) is 5.65. The van der Waals surface area contributed by atoms with E-state index in [1.807, 2.05) is 47.1 Å². The van der Waals surface area contributed by atoms with Crippen molar-refractivity contribution in [3.63, 3.8) is 0 Å². The first-order valence-electron chi connectivity index (χ1n) is 6.53. The number of hydrogen-bond acceptors (Lipinski definition) is 2. The quantitative estimate of drug-likeness (QED) is 0.747. The minimum Gasteiger partial charge on any atom is -0.385 e. The van der Waals surface area contributed by atoms with Crippen LogP contribution in [0.5, 0.6) is 0 Å². The topological polar surface area (TPSA) is 38.1 Å². The van der Waals surface area contributed by atoms with E-state index >= 15 is 0 Å². The molecule has 1 heterocycles. The summed E-state index contributed by atoms with van der Waals surface area (Å²) in [5.74, 6) is 0.145. The molecule has 0 bridgehead atoms. The molecule has 0 aliphatic heterocycles. The molecule has 3 aromatic rings. The molecule has 0 fully saturated rings. The van der Waals surface area contributed by atoms with Crippen LogP contribution in [-0.4, -0.2) is 20.8 Å². The van der Waals surface area contributed by atoms with Crippen molar-refractivity contribution < 1.29 is 5.11 Å². The molecule has 3 rings (SSSR count). The molecule has 0 amide bonds. The molecule has 1 atom stereocenters. The first-order valence-corrected chi connectivity index (χ1v) is 7.06. The van der Waals surface area contributed by atoms with Crippen molar-refractivity contribution in [2.75, 3.05) is 5.88 Å². The molecule has 1 unspecified atom stereocenters. The van der Waals surface area contributed by atoms with Gasteiger partial charge in [0.2, 0.25) is 0 Å². The maximum Gasteiger partial charge on any atom is 0.112 e. The molecule has 0 aliphatic rings. The normalized spacial score (nSPS) is 12.7. The van der Waals surface area contributed by atoms with Crippen molar-refractivity contribution in [3.8, 4) is 0 Å². The highest BCUT2D eigenvalue weighted by Crippen LogP contribution is 2.25. The predicted octanol–water partition coefficient (Wildman–Crippen LogP) is 3.36. The summed E-state index contributed by atoms with van der Waals surface area (Å²) in [4.78, 5) is 0. The Balaban J connectivity index is 2.07. The number of alkyl halides is 1. The van der Waals surface area contributed by atoms with Crippen LogP contribution in [0.4, 0.5) is 0 Å². The van der Waals surface area contributed by atoms with Gasteiger partial charge in [-0.2, -0.15) is 5.10 Å². The number of halogens is 1. The molecule has 3 nitrogen and oxygen atoms in total. The van der Waals surface area contributed by atoms with E-state index in [0.717, 1.165) is 10.9 Å². The monoisotopic (exact) mass is 286 g/mol. The lowest BCUT2D eigenvalue weighted by molar-refractivity contribution is 0.198. The fourth-order valence-corrected chi connectivity index (χ4v) is 2.50. The Labute approximate surface area is 122 Å². The Morgan fingerprint density at radius 1 is 1.05 bits per heavy atom. The lowest BCUT2D eigenvalue weighted by Gasteiger charge is -2.04. The molecule has 102 valence electrons. The van der Waals surface area contributed by atoms with Gasteiger partial charge in [0.05, 0.1) is 17.9 Å². The van der Waals surface area contributed by atoms with Crippen molar-refractivity contribution >= 4 is 22.5 Å². The van der Waals surface area contributed by atoms with Crippen LogP contribution in [0.25, 0.3) is 10.9 Å². The first-order chi connectivity index (χ1) is 9.79. The van der Waals surface area contributed by atoms with Gasteiger partial charge in [-0.1, -0.05) is 48.5 Å². The van der Waals surface area contributed by atoms with Crippen molar-refractivity contribution in [2.45, 2.75) is 12.6 Å². The Morgan fingerprint density at radius 2 is 1.75 bits per heavy atom. The molecule has 20 heavy (non-hydrogen) atoms. The Morgan fingerprint density at radius 3 is 2.50 bits per heavy atom. The summed E-state index contributed by atoms with van der Waals surface area (Å²) < 4.78 is 1.91. The Kier molecular flexibility index (Phi) is 3.72. The molecule has 0 saturated carbocycles. The molecule has 0 saturated heterocycles. The summed E-state index contributed by atoms with van der Waals surface area (Å²) in [6.45, 7) is 0.677. The lowest BCUT2D eigenvalue weighted by Crippen LogP contribution is -2.04. The molecular formula is C16H15ClN2O. The third-order valence-corrected chi connectivity index (χ3v) is 3.62. The van der Waals surface area contributed by atoms with Gasteiger partial charge in [0.15, 0.2) is 0 Å².